The molecule has 9 heteroatoms. The second kappa shape index (κ2) is 13.3. The van der Waals surface area contributed by atoms with Crippen LogP contribution in [0, 0.1) is 0 Å². The standard InChI is InChI=1S/C27H35ClN4O4/c1-2-20-9-11-22(12-10-20)30-26(35)36-19-27(13-16-32(17-14-27)25(34)8-5-15-29)31-24(33)18-21-6-3-4-7-23(21)28/h3-4,6-7,9-12H,2,5,8,13-19,29H2,1H3,(H,30,35)(H,31,33). The van der Waals surface area contributed by atoms with Crippen LogP contribution in [0.4, 0.5) is 10.5 Å². The molecule has 0 bridgehead atoms. The van der Waals surface area contributed by atoms with Gasteiger partial charge in [0.15, 0.2) is 0 Å². The lowest BCUT2D eigenvalue weighted by Crippen LogP contribution is -2.59. The van der Waals surface area contributed by atoms with E-state index in [0.717, 1.165) is 12.0 Å². The predicted octanol–water partition coefficient (Wildman–Crippen LogP) is 3.91. The van der Waals surface area contributed by atoms with Gasteiger partial charge < -0.3 is 20.7 Å². The summed E-state index contributed by atoms with van der Waals surface area (Å²) in [6.07, 6.45) is 2.39. The molecule has 3 rings (SSSR count). The second-order valence-electron chi connectivity index (χ2n) is 9.12. The van der Waals surface area contributed by atoms with Crippen LogP contribution in [0.25, 0.3) is 0 Å². The molecule has 8 nitrogen and oxygen atoms in total. The van der Waals surface area contributed by atoms with Crippen molar-refractivity contribution in [1.82, 2.24) is 10.2 Å². The van der Waals surface area contributed by atoms with Crippen LogP contribution in [-0.4, -0.2) is 54.6 Å². The lowest BCUT2D eigenvalue weighted by atomic mass is 9.87. The number of amides is 3. The number of hydrogen-bond donors (Lipinski definition) is 3. The van der Waals surface area contributed by atoms with E-state index in [0.29, 0.717) is 56.0 Å². The average molecular weight is 515 g/mol. The summed E-state index contributed by atoms with van der Waals surface area (Å²) in [7, 11) is 0. The number of carbonyl (C=O) groups is 3. The number of nitrogens with two attached hydrogens (primary N) is 1. The third kappa shape index (κ3) is 7.96. The number of carbonyl (C=O) groups excluding carboxylic acids is 3. The van der Waals surface area contributed by atoms with E-state index in [1.54, 1.807) is 17.0 Å². The first kappa shape index (κ1) is 27.5. The van der Waals surface area contributed by atoms with Crippen LogP contribution in [0.5, 0.6) is 0 Å². The lowest BCUT2D eigenvalue weighted by Gasteiger charge is -2.42. The molecule has 194 valence electrons. The number of halogens is 1. The first-order valence-electron chi connectivity index (χ1n) is 12.4. The van der Waals surface area contributed by atoms with Crippen molar-refractivity contribution in [2.45, 2.75) is 51.0 Å². The fraction of sp³-hybridized carbons (Fsp3) is 0.444. The van der Waals surface area contributed by atoms with Gasteiger partial charge in [0.05, 0.1) is 12.0 Å². The molecule has 1 fully saturated rings. The highest BCUT2D eigenvalue weighted by Crippen LogP contribution is 2.25. The minimum absolute atomic E-state index is 0.00896. The maximum Gasteiger partial charge on any atom is 0.411 e. The fourth-order valence-electron chi connectivity index (χ4n) is 4.24. The summed E-state index contributed by atoms with van der Waals surface area (Å²) in [6, 6.07) is 14.7. The van der Waals surface area contributed by atoms with Crippen molar-refractivity contribution in [3.63, 3.8) is 0 Å². The number of rotatable bonds is 10. The number of piperidine rings is 1. The van der Waals surface area contributed by atoms with E-state index in [4.69, 9.17) is 22.1 Å². The molecule has 36 heavy (non-hydrogen) atoms. The monoisotopic (exact) mass is 514 g/mol. The van der Waals surface area contributed by atoms with Crippen molar-refractivity contribution >= 4 is 35.2 Å². The van der Waals surface area contributed by atoms with E-state index < -0.39 is 11.6 Å². The summed E-state index contributed by atoms with van der Waals surface area (Å²) in [5.41, 5.74) is 7.27. The van der Waals surface area contributed by atoms with E-state index >= 15 is 0 Å². The van der Waals surface area contributed by atoms with Gasteiger partial charge in [-0.15, -0.1) is 0 Å². The number of hydrogen-bond acceptors (Lipinski definition) is 5. The van der Waals surface area contributed by atoms with Crippen LogP contribution in [0.1, 0.15) is 43.7 Å². The van der Waals surface area contributed by atoms with E-state index in [1.165, 1.54) is 5.56 Å². The molecule has 1 saturated heterocycles. The number of nitrogens with one attached hydrogen (secondary N) is 2. The van der Waals surface area contributed by atoms with Gasteiger partial charge in [0.25, 0.3) is 0 Å². The topological polar surface area (TPSA) is 114 Å². The minimum atomic E-state index is -0.785. The summed E-state index contributed by atoms with van der Waals surface area (Å²) in [5.74, 6) is -0.171. The fourth-order valence-corrected chi connectivity index (χ4v) is 4.44. The van der Waals surface area contributed by atoms with Crippen molar-refractivity contribution in [1.29, 1.82) is 0 Å². The Balaban J connectivity index is 1.64. The van der Waals surface area contributed by atoms with Gasteiger partial charge in [-0.25, -0.2) is 4.79 Å². The quantitative estimate of drug-likeness (QED) is 0.445. The van der Waals surface area contributed by atoms with Gasteiger partial charge in [0.2, 0.25) is 11.8 Å². The zero-order valence-corrected chi connectivity index (χ0v) is 21.5. The molecule has 0 atom stereocenters. The van der Waals surface area contributed by atoms with Crippen LogP contribution in [-0.2, 0) is 27.2 Å². The van der Waals surface area contributed by atoms with Crippen LogP contribution in [0.2, 0.25) is 5.02 Å². The van der Waals surface area contributed by atoms with E-state index in [-0.39, 0.29) is 24.8 Å². The summed E-state index contributed by atoms with van der Waals surface area (Å²) < 4.78 is 5.57. The highest BCUT2D eigenvalue weighted by atomic mass is 35.5. The second-order valence-corrected chi connectivity index (χ2v) is 9.53. The van der Waals surface area contributed by atoms with E-state index in [1.807, 2.05) is 36.4 Å². The largest absolute Gasteiger partial charge is 0.447 e. The molecule has 0 saturated carbocycles. The maximum atomic E-state index is 13.0. The molecular formula is C27H35ClN4O4. The number of likely N-dealkylation sites (tertiary alicyclic amines) is 1. The molecule has 0 aliphatic carbocycles. The van der Waals surface area contributed by atoms with Crippen molar-refractivity contribution in [2.75, 3.05) is 31.6 Å². The molecular weight excluding hydrogens is 480 g/mol. The average Bonchev–Trinajstić information content (AvgIpc) is 2.88. The Morgan fingerprint density at radius 2 is 1.78 bits per heavy atom. The molecule has 0 unspecified atom stereocenters. The molecule has 2 aromatic carbocycles. The number of ether oxygens (including phenoxy) is 1. The first-order valence-corrected chi connectivity index (χ1v) is 12.8. The molecule has 1 aliphatic heterocycles. The van der Waals surface area contributed by atoms with Gasteiger partial charge in [-0.2, -0.15) is 0 Å². The molecule has 4 N–H and O–H groups in total. The Morgan fingerprint density at radius 3 is 2.42 bits per heavy atom. The Bertz CT molecular complexity index is 1040. The third-order valence-electron chi connectivity index (χ3n) is 6.47. The van der Waals surface area contributed by atoms with Crippen LogP contribution < -0.4 is 16.4 Å². The third-order valence-corrected chi connectivity index (χ3v) is 6.84. The lowest BCUT2D eigenvalue weighted by molar-refractivity contribution is -0.133. The molecule has 2 aromatic rings. The molecule has 3 amide bonds. The smallest absolute Gasteiger partial charge is 0.411 e. The summed E-state index contributed by atoms with van der Waals surface area (Å²) in [4.78, 5) is 39.7. The zero-order chi connectivity index (χ0) is 26.0. The van der Waals surface area contributed by atoms with Crippen LogP contribution >= 0.6 is 11.6 Å². The minimum Gasteiger partial charge on any atom is -0.447 e. The highest BCUT2D eigenvalue weighted by molar-refractivity contribution is 6.31. The van der Waals surface area contributed by atoms with Gasteiger partial charge in [-0.05, 0) is 61.6 Å². The molecule has 0 spiro atoms. The normalized spacial score (nSPS) is 14.7. The van der Waals surface area contributed by atoms with Gasteiger partial charge in [-0.1, -0.05) is 48.9 Å². The Labute approximate surface area is 217 Å². The van der Waals surface area contributed by atoms with Crippen molar-refractivity contribution < 1.29 is 19.1 Å². The number of nitrogens with zero attached hydrogens (tertiary/aromatic N) is 1. The molecule has 0 radical (unpaired) electrons. The maximum absolute atomic E-state index is 13.0. The Morgan fingerprint density at radius 1 is 1.08 bits per heavy atom. The highest BCUT2D eigenvalue weighted by Gasteiger charge is 2.38. The van der Waals surface area contributed by atoms with Crippen molar-refractivity contribution in [2.24, 2.45) is 5.73 Å². The Kier molecular flexibility index (Phi) is 10.1. The van der Waals surface area contributed by atoms with Crippen LogP contribution in [0.3, 0.4) is 0 Å². The Hall–Kier alpha value is -3.10. The van der Waals surface area contributed by atoms with Gasteiger partial charge >= 0.3 is 6.09 Å². The number of anilines is 1. The number of aryl methyl sites for hydroxylation is 1. The van der Waals surface area contributed by atoms with Gasteiger partial charge in [-0.3, -0.25) is 14.9 Å². The summed E-state index contributed by atoms with van der Waals surface area (Å²) in [5, 5.41) is 6.34. The molecule has 0 aromatic heterocycles. The van der Waals surface area contributed by atoms with Gasteiger partial charge in [0.1, 0.15) is 6.61 Å². The zero-order valence-electron chi connectivity index (χ0n) is 20.7. The van der Waals surface area contributed by atoms with E-state index in [2.05, 4.69) is 17.6 Å². The van der Waals surface area contributed by atoms with Crippen molar-refractivity contribution in [3.8, 4) is 0 Å². The SMILES string of the molecule is CCc1ccc(NC(=O)OCC2(NC(=O)Cc3ccccc3Cl)CCN(C(=O)CCCN)CC2)cc1. The van der Waals surface area contributed by atoms with Gasteiger partial charge in [0, 0.05) is 30.2 Å². The molecule has 1 aliphatic rings. The first-order chi connectivity index (χ1) is 17.3. The summed E-state index contributed by atoms with van der Waals surface area (Å²) >= 11 is 6.23. The predicted molar refractivity (Wildman–Crippen MR) is 141 cm³/mol. The van der Waals surface area contributed by atoms with E-state index in [9.17, 15) is 14.4 Å². The number of benzene rings is 2. The van der Waals surface area contributed by atoms with Crippen molar-refractivity contribution in [3.05, 3.63) is 64.7 Å². The summed E-state index contributed by atoms with van der Waals surface area (Å²) in [6.45, 7) is 3.43. The molecule has 1 heterocycles. The van der Waals surface area contributed by atoms with Crippen LogP contribution in [0.15, 0.2) is 48.5 Å².